The molecular formula is C16H19FN2O4. The number of hydrogen-bond acceptors (Lipinski definition) is 5. The van der Waals surface area contributed by atoms with Crippen LogP contribution in [0, 0.1) is 5.82 Å². The van der Waals surface area contributed by atoms with Gasteiger partial charge in [0.25, 0.3) is 0 Å². The van der Waals surface area contributed by atoms with Crippen LogP contribution >= 0.6 is 0 Å². The van der Waals surface area contributed by atoms with Gasteiger partial charge in [-0.3, -0.25) is 9.69 Å². The number of nitrogens with zero attached hydrogens (tertiary/aromatic N) is 1. The quantitative estimate of drug-likeness (QED) is 0.835. The summed E-state index contributed by atoms with van der Waals surface area (Å²) in [4.78, 5) is 25.2. The number of anilines is 1. The molecule has 2 N–H and O–H groups in total. The van der Waals surface area contributed by atoms with Gasteiger partial charge in [-0.05, 0) is 31.9 Å². The van der Waals surface area contributed by atoms with E-state index >= 15 is 0 Å². The van der Waals surface area contributed by atoms with E-state index in [2.05, 4.69) is 0 Å². The molecule has 3 rings (SSSR count). The van der Waals surface area contributed by atoms with Crippen molar-refractivity contribution < 1.29 is 23.5 Å². The van der Waals surface area contributed by atoms with Gasteiger partial charge in [-0.2, -0.15) is 0 Å². The van der Waals surface area contributed by atoms with E-state index in [1.165, 1.54) is 11.0 Å². The van der Waals surface area contributed by atoms with Crippen LogP contribution in [0.5, 0.6) is 0 Å². The molecule has 1 amide bonds. The lowest BCUT2D eigenvalue weighted by Gasteiger charge is -2.18. The molecule has 1 aromatic rings. The van der Waals surface area contributed by atoms with E-state index in [0.717, 1.165) is 0 Å². The second-order valence-corrected chi connectivity index (χ2v) is 5.82. The third kappa shape index (κ3) is 2.65. The van der Waals surface area contributed by atoms with Crippen LogP contribution in [0.1, 0.15) is 25.3 Å². The van der Waals surface area contributed by atoms with Gasteiger partial charge in [-0.15, -0.1) is 0 Å². The first-order valence-electron chi connectivity index (χ1n) is 7.67. The zero-order valence-electron chi connectivity index (χ0n) is 12.9. The Hall–Kier alpha value is -2.15. The molecule has 0 aromatic heterocycles. The molecule has 6 nitrogen and oxygen atoms in total. The van der Waals surface area contributed by atoms with E-state index in [1.54, 1.807) is 19.1 Å². The first-order chi connectivity index (χ1) is 11.0. The van der Waals surface area contributed by atoms with Gasteiger partial charge in [-0.1, -0.05) is 6.07 Å². The van der Waals surface area contributed by atoms with Crippen LogP contribution in [0.15, 0.2) is 18.2 Å². The molecule has 124 valence electrons. The fraction of sp³-hybridized carbons (Fsp3) is 0.500. The fourth-order valence-electron chi connectivity index (χ4n) is 2.89. The van der Waals surface area contributed by atoms with Gasteiger partial charge >= 0.3 is 12.1 Å². The number of cyclic esters (lactones) is 1. The number of carbonyl (C=O) groups is 2. The highest BCUT2D eigenvalue weighted by atomic mass is 19.1. The molecule has 0 spiro atoms. The van der Waals surface area contributed by atoms with Crippen molar-refractivity contribution in [1.29, 1.82) is 0 Å². The van der Waals surface area contributed by atoms with Crippen LogP contribution in [-0.2, 0) is 19.7 Å². The van der Waals surface area contributed by atoms with E-state index in [-0.39, 0.29) is 25.8 Å². The highest BCUT2D eigenvalue weighted by Gasteiger charge is 2.54. The van der Waals surface area contributed by atoms with Crippen molar-refractivity contribution in [2.45, 2.75) is 31.3 Å². The summed E-state index contributed by atoms with van der Waals surface area (Å²) in [5.41, 5.74) is 5.33. The van der Waals surface area contributed by atoms with Gasteiger partial charge < -0.3 is 15.2 Å². The summed E-state index contributed by atoms with van der Waals surface area (Å²) in [6.45, 7) is 2.49. The zero-order chi connectivity index (χ0) is 16.6. The Morgan fingerprint density at radius 2 is 2.26 bits per heavy atom. The first kappa shape index (κ1) is 15.7. The minimum atomic E-state index is -0.871. The van der Waals surface area contributed by atoms with Crippen molar-refractivity contribution in [1.82, 2.24) is 0 Å². The molecule has 1 aliphatic heterocycles. The van der Waals surface area contributed by atoms with Gasteiger partial charge in [0.05, 0.1) is 24.3 Å². The largest absolute Gasteiger partial charge is 0.465 e. The normalized spacial score (nSPS) is 22.0. The van der Waals surface area contributed by atoms with E-state index in [0.29, 0.717) is 24.1 Å². The monoisotopic (exact) mass is 322 g/mol. The Morgan fingerprint density at radius 1 is 1.52 bits per heavy atom. The highest BCUT2D eigenvalue weighted by Crippen LogP contribution is 2.50. The van der Waals surface area contributed by atoms with E-state index in [1.807, 2.05) is 0 Å². The average molecular weight is 322 g/mol. The van der Waals surface area contributed by atoms with Crippen LogP contribution in [0.3, 0.4) is 0 Å². The van der Waals surface area contributed by atoms with Crippen molar-refractivity contribution >= 4 is 17.7 Å². The summed E-state index contributed by atoms with van der Waals surface area (Å²) >= 11 is 0. The lowest BCUT2D eigenvalue weighted by atomic mass is 9.95. The smallest absolute Gasteiger partial charge is 0.414 e. The van der Waals surface area contributed by atoms with Crippen LogP contribution in [0.4, 0.5) is 14.9 Å². The molecule has 1 aliphatic carbocycles. The molecule has 1 unspecified atom stereocenters. The summed E-state index contributed by atoms with van der Waals surface area (Å²) in [6.07, 6.45) is 0.213. The predicted octanol–water partition coefficient (Wildman–Crippen LogP) is 1.70. The van der Waals surface area contributed by atoms with E-state index < -0.39 is 23.3 Å². The maximum Gasteiger partial charge on any atom is 0.414 e. The Balaban J connectivity index is 1.85. The molecule has 23 heavy (non-hydrogen) atoms. The summed E-state index contributed by atoms with van der Waals surface area (Å²) in [6, 6.07) is 4.43. The highest BCUT2D eigenvalue weighted by molar-refractivity contribution is 5.90. The van der Waals surface area contributed by atoms with Crippen LogP contribution in [0.25, 0.3) is 0 Å². The van der Waals surface area contributed by atoms with Crippen LogP contribution in [-0.4, -0.2) is 37.9 Å². The number of esters is 1. The third-order valence-electron chi connectivity index (χ3n) is 4.33. The van der Waals surface area contributed by atoms with Crippen molar-refractivity contribution in [3.05, 3.63) is 29.6 Å². The summed E-state index contributed by atoms with van der Waals surface area (Å²) in [5, 5.41) is 0. The summed E-state index contributed by atoms with van der Waals surface area (Å²) < 4.78 is 24.6. The third-order valence-corrected chi connectivity index (χ3v) is 4.33. The summed E-state index contributed by atoms with van der Waals surface area (Å²) in [7, 11) is 0. The second kappa shape index (κ2) is 5.81. The Morgan fingerprint density at radius 3 is 2.78 bits per heavy atom. The minimum Gasteiger partial charge on any atom is -0.465 e. The number of rotatable bonds is 5. The zero-order valence-corrected chi connectivity index (χ0v) is 12.9. The minimum absolute atomic E-state index is 0.217. The molecule has 1 aromatic carbocycles. The molecule has 2 aliphatic rings. The summed E-state index contributed by atoms with van der Waals surface area (Å²) in [5.74, 6) is -0.910. The molecule has 0 radical (unpaired) electrons. The van der Waals surface area contributed by atoms with Gasteiger partial charge in [0.1, 0.15) is 11.9 Å². The number of hydrogen-bond donors (Lipinski definition) is 1. The molecule has 1 saturated carbocycles. The second-order valence-electron chi connectivity index (χ2n) is 5.82. The van der Waals surface area contributed by atoms with Crippen LogP contribution in [0.2, 0.25) is 0 Å². The fourth-order valence-corrected chi connectivity index (χ4v) is 2.89. The number of halogens is 1. The van der Waals surface area contributed by atoms with E-state index in [9.17, 15) is 14.0 Å². The van der Waals surface area contributed by atoms with Crippen molar-refractivity contribution in [3.63, 3.8) is 0 Å². The molecule has 1 heterocycles. The Bertz CT molecular complexity index is 645. The number of ether oxygens (including phenoxy) is 2. The topological polar surface area (TPSA) is 81.9 Å². The van der Waals surface area contributed by atoms with Gasteiger partial charge in [0.15, 0.2) is 0 Å². The molecule has 0 bridgehead atoms. The molecule has 1 atom stereocenters. The molecule has 7 heteroatoms. The average Bonchev–Trinajstić information content (AvgIpc) is 3.24. The molecule has 1 saturated heterocycles. The van der Waals surface area contributed by atoms with Crippen LogP contribution < -0.4 is 10.6 Å². The SMILES string of the molecule is CCOC(=O)C1(c2ccc(N3CC(CN)OC3=O)cc2F)CC1. The molecule has 2 fully saturated rings. The standard InChI is InChI=1S/C16H19FN2O4/c1-2-22-14(20)16(5-6-16)12-4-3-10(7-13(12)17)19-9-11(8-18)23-15(19)21/h3-4,7,11H,2,5-6,8-9,18H2,1H3. The molecular weight excluding hydrogens is 303 g/mol. The van der Waals surface area contributed by atoms with Gasteiger partial charge in [-0.25, -0.2) is 9.18 Å². The number of amides is 1. The van der Waals surface area contributed by atoms with Gasteiger partial charge in [0.2, 0.25) is 0 Å². The van der Waals surface area contributed by atoms with Gasteiger partial charge in [0, 0.05) is 12.1 Å². The number of carbonyl (C=O) groups excluding carboxylic acids is 2. The number of nitrogens with two attached hydrogens (primary N) is 1. The predicted molar refractivity (Wildman–Crippen MR) is 80.6 cm³/mol. The van der Waals surface area contributed by atoms with Crippen molar-refractivity contribution in [3.8, 4) is 0 Å². The first-order valence-corrected chi connectivity index (χ1v) is 7.67. The van der Waals surface area contributed by atoms with E-state index in [4.69, 9.17) is 15.2 Å². The van der Waals surface area contributed by atoms with Crippen molar-refractivity contribution in [2.75, 3.05) is 24.6 Å². The Labute approximate surface area is 133 Å². The lowest BCUT2D eigenvalue weighted by molar-refractivity contribution is -0.146. The lowest BCUT2D eigenvalue weighted by Crippen LogP contribution is -2.28. The maximum absolute atomic E-state index is 14.5. The number of benzene rings is 1. The maximum atomic E-state index is 14.5. The Kier molecular flexibility index (Phi) is 3.97. The van der Waals surface area contributed by atoms with Crippen molar-refractivity contribution in [2.24, 2.45) is 5.73 Å².